The molecule has 3 rings (SSSR count). The standard InChI is InChI=1S/C17H19ClN4O3S/c1-4-22-15-9-16(25-3)19-10-14(15)20-17(22)11(2)21-26(23,24)13-7-5-12(18)6-8-13/h5-11,21H,4H2,1-3H3. The topological polar surface area (TPSA) is 86.1 Å². The molecule has 1 N–H and O–H groups in total. The van der Waals surface area contributed by atoms with Crippen LogP contribution in [-0.4, -0.2) is 30.1 Å². The number of hydrogen-bond acceptors (Lipinski definition) is 5. The maximum Gasteiger partial charge on any atom is 0.241 e. The number of ether oxygens (including phenoxy) is 1. The van der Waals surface area contributed by atoms with E-state index in [1.54, 1.807) is 38.4 Å². The SMILES string of the molecule is CCn1c(C(C)NS(=O)(=O)c2ccc(Cl)cc2)nc2cnc(OC)cc21. The summed E-state index contributed by atoms with van der Waals surface area (Å²) in [5, 5.41) is 0.478. The molecule has 2 aromatic heterocycles. The molecule has 0 saturated heterocycles. The second-order valence-electron chi connectivity index (χ2n) is 5.73. The number of benzene rings is 1. The Labute approximate surface area is 157 Å². The van der Waals surface area contributed by atoms with Crippen molar-refractivity contribution in [3.8, 4) is 5.88 Å². The lowest BCUT2D eigenvalue weighted by atomic mass is 10.3. The first-order valence-corrected chi connectivity index (χ1v) is 9.90. The molecule has 0 bridgehead atoms. The normalized spacial score (nSPS) is 13.1. The second kappa shape index (κ2) is 7.22. The van der Waals surface area contributed by atoms with E-state index in [4.69, 9.17) is 16.3 Å². The predicted molar refractivity (Wildman–Crippen MR) is 99.9 cm³/mol. The van der Waals surface area contributed by atoms with Gasteiger partial charge in [0, 0.05) is 17.6 Å². The zero-order chi connectivity index (χ0) is 18.9. The summed E-state index contributed by atoms with van der Waals surface area (Å²) in [7, 11) is -2.16. The molecule has 0 saturated carbocycles. The largest absolute Gasteiger partial charge is 0.481 e. The molecule has 1 atom stereocenters. The third kappa shape index (κ3) is 3.53. The molecule has 0 aliphatic rings. The van der Waals surface area contributed by atoms with Crippen molar-refractivity contribution in [1.82, 2.24) is 19.3 Å². The Morgan fingerprint density at radius 2 is 2.00 bits per heavy atom. The number of imidazole rings is 1. The van der Waals surface area contributed by atoms with Gasteiger partial charge in [-0.05, 0) is 38.1 Å². The maximum atomic E-state index is 12.6. The molecule has 7 nitrogen and oxygen atoms in total. The third-order valence-electron chi connectivity index (χ3n) is 4.01. The van der Waals surface area contributed by atoms with Crippen molar-refractivity contribution in [1.29, 1.82) is 0 Å². The number of aromatic nitrogens is 3. The van der Waals surface area contributed by atoms with E-state index in [0.29, 0.717) is 28.8 Å². The second-order valence-corrected chi connectivity index (χ2v) is 7.88. The van der Waals surface area contributed by atoms with E-state index in [2.05, 4.69) is 14.7 Å². The molecule has 0 radical (unpaired) electrons. The summed E-state index contributed by atoms with van der Waals surface area (Å²) in [5.41, 5.74) is 1.52. The van der Waals surface area contributed by atoms with Gasteiger partial charge in [-0.3, -0.25) is 0 Å². The maximum absolute atomic E-state index is 12.6. The number of methoxy groups -OCH3 is 1. The molecule has 1 aromatic carbocycles. The molecule has 26 heavy (non-hydrogen) atoms. The first kappa shape index (κ1) is 18.6. The molecule has 0 fully saturated rings. The third-order valence-corrected chi connectivity index (χ3v) is 5.82. The van der Waals surface area contributed by atoms with Gasteiger partial charge in [0.1, 0.15) is 11.3 Å². The van der Waals surface area contributed by atoms with Gasteiger partial charge in [0.15, 0.2) is 0 Å². The minimum atomic E-state index is -3.70. The Bertz CT molecular complexity index is 1030. The van der Waals surface area contributed by atoms with Gasteiger partial charge in [-0.25, -0.2) is 23.1 Å². The van der Waals surface area contributed by atoms with Crippen LogP contribution in [0.3, 0.4) is 0 Å². The number of hydrogen-bond donors (Lipinski definition) is 1. The smallest absolute Gasteiger partial charge is 0.241 e. The number of nitrogens with one attached hydrogen (secondary N) is 1. The van der Waals surface area contributed by atoms with Gasteiger partial charge in [0.05, 0.1) is 29.8 Å². The number of aryl methyl sites for hydroxylation is 1. The minimum Gasteiger partial charge on any atom is -0.481 e. The molecule has 3 aromatic rings. The van der Waals surface area contributed by atoms with Crippen molar-refractivity contribution in [3.05, 3.63) is 47.4 Å². The Morgan fingerprint density at radius 3 is 2.62 bits per heavy atom. The average Bonchev–Trinajstić information content (AvgIpc) is 2.99. The Hall–Kier alpha value is -2.16. The summed E-state index contributed by atoms with van der Waals surface area (Å²) in [6.07, 6.45) is 1.62. The molecule has 1 unspecified atom stereocenters. The van der Waals surface area contributed by atoms with Crippen molar-refractivity contribution in [2.24, 2.45) is 0 Å². The number of sulfonamides is 1. The van der Waals surface area contributed by atoms with E-state index < -0.39 is 16.1 Å². The number of rotatable bonds is 6. The van der Waals surface area contributed by atoms with Crippen LogP contribution >= 0.6 is 11.6 Å². The highest BCUT2D eigenvalue weighted by molar-refractivity contribution is 7.89. The van der Waals surface area contributed by atoms with E-state index in [1.807, 2.05) is 11.5 Å². The lowest BCUT2D eigenvalue weighted by Gasteiger charge is -2.15. The quantitative estimate of drug-likeness (QED) is 0.694. The van der Waals surface area contributed by atoms with Gasteiger partial charge < -0.3 is 9.30 Å². The van der Waals surface area contributed by atoms with Crippen LogP contribution in [0, 0.1) is 0 Å². The average molecular weight is 395 g/mol. The van der Waals surface area contributed by atoms with Crippen molar-refractivity contribution in [2.45, 2.75) is 31.3 Å². The van der Waals surface area contributed by atoms with Crippen LogP contribution in [0.15, 0.2) is 41.4 Å². The molecule has 138 valence electrons. The van der Waals surface area contributed by atoms with Crippen molar-refractivity contribution < 1.29 is 13.2 Å². The number of halogens is 1. The van der Waals surface area contributed by atoms with E-state index >= 15 is 0 Å². The summed E-state index contributed by atoms with van der Waals surface area (Å²) in [4.78, 5) is 8.85. The fourth-order valence-electron chi connectivity index (χ4n) is 2.77. The number of nitrogens with zero attached hydrogens (tertiary/aromatic N) is 3. The highest BCUT2D eigenvalue weighted by Gasteiger charge is 2.23. The van der Waals surface area contributed by atoms with Gasteiger partial charge in [0.25, 0.3) is 0 Å². The minimum absolute atomic E-state index is 0.149. The molecule has 0 amide bonds. The summed E-state index contributed by atoms with van der Waals surface area (Å²) in [6.45, 7) is 4.36. The van der Waals surface area contributed by atoms with Gasteiger partial charge in [0.2, 0.25) is 15.9 Å². The van der Waals surface area contributed by atoms with Crippen LogP contribution in [0.1, 0.15) is 25.7 Å². The van der Waals surface area contributed by atoms with Crippen LogP contribution in [0.4, 0.5) is 0 Å². The van der Waals surface area contributed by atoms with E-state index in [-0.39, 0.29) is 4.90 Å². The van der Waals surface area contributed by atoms with Crippen molar-refractivity contribution >= 4 is 32.7 Å². The lowest BCUT2D eigenvalue weighted by molar-refractivity contribution is 0.398. The Morgan fingerprint density at radius 1 is 1.31 bits per heavy atom. The van der Waals surface area contributed by atoms with Crippen LogP contribution in [0.25, 0.3) is 11.0 Å². The van der Waals surface area contributed by atoms with Crippen molar-refractivity contribution in [2.75, 3.05) is 7.11 Å². The highest BCUT2D eigenvalue weighted by Crippen LogP contribution is 2.24. The van der Waals surface area contributed by atoms with Crippen molar-refractivity contribution in [3.63, 3.8) is 0 Å². The summed E-state index contributed by atoms with van der Waals surface area (Å²) < 4.78 is 35.0. The Kier molecular flexibility index (Phi) is 5.17. The van der Waals surface area contributed by atoms with Gasteiger partial charge in [-0.2, -0.15) is 0 Å². The van der Waals surface area contributed by atoms with Crippen LogP contribution < -0.4 is 9.46 Å². The first-order chi connectivity index (χ1) is 12.4. The summed E-state index contributed by atoms with van der Waals surface area (Å²) in [5.74, 6) is 1.09. The van der Waals surface area contributed by atoms with E-state index in [0.717, 1.165) is 5.52 Å². The number of fused-ring (bicyclic) bond motifs is 1. The van der Waals surface area contributed by atoms with Gasteiger partial charge in [-0.15, -0.1) is 0 Å². The number of pyridine rings is 1. The Balaban J connectivity index is 1.96. The van der Waals surface area contributed by atoms with Crippen LogP contribution in [-0.2, 0) is 16.6 Å². The molecule has 0 spiro atoms. The zero-order valence-corrected chi connectivity index (χ0v) is 16.2. The fourth-order valence-corrected chi connectivity index (χ4v) is 4.10. The molecule has 0 aliphatic heterocycles. The van der Waals surface area contributed by atoms with E-state index in [9.17, 15) is 8.42 Å². The predicted octanol–water partition coefficient (Wildman–Crippen LogP) is 3.15. The molecule has 9 heteroatoms. The van der Waals surface area contributed by atoms with Crippen LogP contribution in [0.5, 0.6) is 5.88 Å². The molecule has 0 aliphatic carbocycles. The molecular weight excluding hydrogens is 376 g/mol. The molecular formula is C17H19ClN4O3S. The van der Waals surface area contributed by atoms with Gasteiger partial charge >= 0.3 is 0 Å². The first-order valence-electron chi connectivity index (χ1n) is 8.03. The fraction of sp³-hybridized carbons (Fsp3) is 0.294. The zero-order valence-electron chi connectivity index (χ0n) is 14.6. The van der Waals surface area contributed by atoms with Gasteiger partial charge in [-0.1, -0.05) is 11.6 Å². The molecule has 2 heterocycles. The summed E-state index contributed by atoms with van der Waals surface area (Å²) >= 11 is 5.83. The van der Waals surface area contributed by atoms with Crippen LogP contribution in [0.2, 0.25) is 5.02 Å². The highest BCUT2D eigenvalue weighted by atomic mass is 35.5. The summed E-state index contributed by atoms with van der Waals surface area (Å²) in [6, 6.07) is 7.27. The lowest BCUT2D eigenvalue weighted by Crippen LogP contribution is -2.28. The monoisotopic (exact) mass is 394 g/mol. The van der Waals surface area contributed by atoms with E-state index in [1.165, 1.54) is 12.1 Å².